The Morgan fingerprint density at radius 2 is 1.90 bits per heavy atom. The third-order valence-corrected chi connectivity index (χ3v) is 3.68. The lowest BCUT2D eigenvalue weighted by Gasteiger charge is -2.29. The third-order valence-electron chi connectivity index (χ3n) is 3.68. The lowest BCUT2D eigenvalue weighted by Crippen LogP contribution is -2.52. The van der Waals surface area contributed by atoms with Gasteiger partial charge in [-0.25, -0.2) is 0 Å². The molecule has 1 saturated heterocycles. The number of nitrogens with zero attached hydrogens (tertiary/aromatic N) is 1. The molecule has 1 N–H and O–H groups in total. The van der Waals surface area contributed by atoms with Gasteiger partial charge in [-0.1, -0.05) is 31.5 Å². The van der Waals surface area contributed by atoms with Crippen LogP contribution < -0.4 is 5.32 Å². The van der Waals surface area contributed by atoms with E-state index in [9.17, 15) is 14.4 Å². The summed E-state index contributed by atoms with van der Waals surface area (Å²) in [5.74, 6) is -0.750. The number of imide groups is 1. The maximum Gasteiger partial charge on any atom is 0.255 e. The fourth-order valence-corrected chi connectivity index (χ4v) is 2.70. The second kappa shape index (κ2) is 6.08. The maximum atomic E-state index is 12.3. The molecule has 0 aromatic heterocycles. The first-order chi connectivity index (χ1) is 10.1. The van der Waals surface area contributed by atoms with Crippen LogP contribution in [-0.4, -0.2) is 28.7 Å². The van der Waals surface area contributed by atoms with Crippen molar-refractivity contribution in [3.05, 3.63) is 34.9 Å². The van der Waals surface area contributed by atoms with E-state index in [4.69, 9.17) is 0 Å². The van der Waals surface area contributed by atoms with Gasteiger partial charge in [0.2, 0.25) is 11.8 Å². The van der Waals surface area contributed by atoms with E-state index in [1.807, 2.05) is 32.9 Å². The highest BCUT2D eigenvalue weighted by Gasteiger charge is 2.38. The number of hydrogen-bond acceptors (Lipinski definition) is 3. The van der Waals surface area contributed by atoms with Crippen molar-refractivity contribution in [1.29, 1.82) is 0 Å². The molecule has 112 valence electrons. The zero-order valence-corrected chi connectivity index (χ0v) is 12.6. The Hall–Kier alpha value is -2.17. The summed E-state index contributed by atoms with van der Waals surface area (Å²) in [5.41, 5.74) is 2.71. The first-order valence-electron chi connectivity index (χ1n) is 7.30. The van der Waals surface area contributed by atoms with Gasteiger partial charge in [-0.2, -0.15) is 0 Å². The van der Waals surface area contributed by atoms with Crippen LogP contribution in [0.4, 0.5) is 0 Å². The molecule has 0 spiro atoms. The second-order valence-corrected chi connectivity index (χ2v) is 5.06. The molecule has 0 saturated carbocycles. The molecule has 2 aliphatic heterocycles. The van der Waals surface area contributed by atoms with Gasteiger partial charge in [0.25, 0.3) is 5.91 Å². The zero-order valence-electron chi connectivity index (χ0n) is 12.6. The summed E-state index contributed by atoms with van der Waals surface area (Å²) in [4.78, 5) is 36.8. The zero-order chi connectivity index (χ0) is 15.6. The molecule has 5 nitrogen and oxygen atoms in total. The number of rotatable bonds is 1. The molecular weight excluding hydrogens is 268 g/mol. The van der Waals surface area contributed by atoms with E-state index in [1.165, 1.54) is 0 Å². The maximum absolute atomic E-state index is 12.3. The van der Waals surface area contributed by atoms with Gasteiger partial charge in [-0.3, -0.25) is 19.7 Å². The number of benzene rings is 1. The summed E-state index contributed by atoms with van der Waals surface area (Å²) in [6.45, 7) is 6.42. The number of hydrogen-bond donors (Lipinski definition) is 1. The summed E-state index contributed by atoms with van der Waals surface area (Å²) < 4.78 is 0. The minimum Gasteiger partial charge on any atom is -0.322 e. The van der Waals surface area contributed by atoms with Crippen molar-refractivity contribution in [2.45, 2.75) is 46.2 Å². The van der Waals surface area contributed by atoms with E-state index in [0.717, 1.165) is 11.1 Å². The van der Waals surface area contributed by atoms with Crippen LogP contribution in [0.5, 0.6) is 0 Å². The van der Waals surface area contributed by atoms with Crippen molar-refractivity contribution in [1.82, 2.24) is 10.2 Å². The van der Waals surface area contributed by atoms with Gasteiger partial charge >= 0.3 is 0 Å². The third kappa shape index (κ3) is 2.82. The molecule has 0 radical (unpaired) electrons. The van der Waals surface area contributed by atoms with Crippen molar-refractivity contribution in [2.75, 3.05) is 0 Å². The molecule has 2 aliphatic rings. The number of nitrogens with one attached hydrogen (secondary N) is 1. The summed E-state index contributed by atoms with van der Waals surface area (Å²) in [6.07, 6.45) is 0.693. The molecular formula is C16H20N2O3. The van der Waals surface area contributed by atoms with Crippen molar-refractivity contribution in [3.63, 3.8) is 0 Å². The molecule has 1 aromatic carbocycles. The van der Waals surface area contributed by atoms with Gasteiger partial charge < -0.3 is 4.90 Å². The van der Waals surface area contributed by atoms with Crippen molar-refractivity contribution < 1.29 is 14.4 Å². The lowest BCUT2D eigenvalue weighted by molar-refractivity contribution is -0.136. The van der Waals surface area contributed by atoms with E-state index in [0.29, 0.717) is 18.5 Å². The van der Waals surface area contributed by atoms with Gasteiger partial charge in [-0.15, -0.1) is 0 Å². The molecule has 1 fully saturated rings. The van der Waals surface area contributed by atoms with Crippen LogP contribution >= 0.6 is 0 Å². The molecule has 0 unspecified atom stereocenters. The number of fused-ring (bicyclic) bond motifs is 1. The van der Waals surface area contributed by atoms with Gasteiger partial charge in [0.15, 0.2) is 0 Å². The van der Waals surface area contributed by atoms with Crippen LogP contribution in [0, 0.1) is 6.92 Å². The lowest BCUT2D eigenvalue weighted by atomic mass is 10.0. The Bertz CT molecular complexity index is 595. The first-order valence-corrected chi connectivity index (χ1v) is 7.30. The first kappa shape index (κ1) is 15.2. The van der Waals surface area contributed by atoms with Crippen LogP contribution in [0.15, 0.2) is 18.2 Å². The molecule has 3 rings (SSSR count). The van der Waals surface area contributed by atoms with Crippen LogP contribution in [0.1, 0.15) is 48.2 Å². The van der Waals surface area contributed by atoms with Crippen LogP contribution in [0.2, 0.25) is 0 Å². The average Bonchev–Trinajstić information content (AvgIpc) is 2.77. The highest BCUT2D eigenvalue weighted by atomic mass is 16.2. The minimum absolute atomic E-state index is 0.121. The monoisotopic (exact) mass is 288 g/mol. The van der Waals surface area contributed by atoms with Crippen molar-refractivity contribution in [3.8, 4) is 0 Å². The number of amides is 3. The molecule has 1 atom stereocenters. The van der Waals surface area contributed by atoms with Crippen LogP contribution in [0.3, 0.4) is 0 Å². The van der Waals surface area contributed by atoms with E-state index in [2.05, 4.69) is 5.32 Å². The van der Waals surface area contributed by atoms with E-state index < -0.39 is 6.04 Å². The Morgan fingerprint density at radius 3 is 2.57 bits per heavy atom. The predicted molar refractivity (Wildman–Crippen MR) is 78.6 cm³/mol. The van der Waals surface area contributed by atoms with Gasteiger partial charge in [-0.05, 0) is 25.0 Å². The molecule has 21 heavy (non-hydrogen) atoms. The fourth-order valence-electron chi connectivity index (χ4n) is 2.70. The smallest absolute Gasteiger partial charge is 0.255 e. The van der Waals surface area contributed by atoms with E-state index in [1.54, 1.807) is 11.0 Å². The summed E-state index contributed by atoms with van der Waals surface area (Å²) in [7, 11) is 0. The number of carbonyl (C=O) groups excluding carboxylic acids is 3. The van der Waals surface area contributed by atoms with Crippen LogP contribution in [-0.2, 0) is 16.1 Å². The highest BCUT2D eigenvalue weighted by molar-refractivity contribution is 6.05. The molecule has 1 aromatic rings. The quantitative estimate of drug-likeness (QED) is 0.801. The van der Waals surface area contributed by atoms with Crippen LogP contribution in [0.25, 0.3) is 0 Å². The predicted octanol–water partition coefficient (Wildman–Crippen LogP) is 1.78. The van der Waals surface area contributed by atoms with E-state index in [-0.39, 0.29) is 24.1 Å². The van der Waals surface area contributed by atoms with Crippen molar-refractivity contribution >= 4 is 17.7 Å². The highest BCUT2D eigenvalue weighted by Crippen LogP contribution is 2.27. The molecule has 5 heteroatoms. The SMILES string of the molecule is CC.Cc1ccc2c(c1)CN([C@@H]1CCC(=O)NC1=O)C2=O. The Kier molecular flexibility index (Phi) is 4.40. The van der Waals surface area contributed by atoms with E-state index >= 15 is 0 Å². The summed E-state index contributed by atoms with van der Waals surface area (Å²) in [5, 5.41) is 2.29. The minimum atomic E-state index is -0.530. The van der Waals surface area contributed by atoms with Gasteiger partial charge in [0.05, 0.1) is 0 Å². The van der Waals surface area contributed by atoms with Crippen molar-refractivity contribution in [2.24, 2.45) is 0 Å². The van der Waals surface area contributed by atoms with Gasteiger partial charge in [0, 0.05) is 18.5 Å². The topological polar surface area (TPSA) is 66.5 Å². The number of aryl methyl sites for hydroxylation is 1. The normalized spacial score (nSPS) is 20.6. The Morgan fingerprint density at radius 1 is 1.19 bits per heavy atom. The second-order valence-electron chi connectivity index (χ2n) is 5.06. The molecule has 0 aliphatic carbocycles. The number of carbonyl (C=O) groups is 3. The summed E-state index contributed by atoms with van der Waals surface area (Å²) >= 11 is 0. The molecule has 3 amide bonds. The Labute approximate surface area is 124 Å². The molecule has 2 heterocycles. The van der Waals surface area contributed by atoms with Gasteiger partial charge in [0.1, 0.15) is 6.04 Å². The molecule has 0 bridgehead atoms. The standard InChI is InChI=1S/C14H14N2O3.C2H6/c1-8-2-3-10-9(6-8)7-16(14(10)19)11-4-5-12(17)15-13(11)18;1-2/h2-3,6,11H,4-5,7H2,1H3,(H,15,17,18);1-2H3/t11-;/m1./s1. The largest absolute Gasteiger partial charge is 0.322 e. The average molecular weight is 288 g/mol. The fraction of sp³-hybridized carbons (Fsp3) is 0.438. The number of piperidine rings is 1. The summed E-state index contributed by atoms with van der Waals surface area (Å²) in [6, 6.07) is 5.14. The Balaban J connectivity index is 0.000000774.